The number of carbonyl (C=O) groups is 1. The highest BCUT2D eigenvalue weighted by molar-refractivity contribution is 5.91. The van der Waals surface area contributed by atoms with E-state index in [2.05, 4.69) is 10.2 Å². The molecular weight excluding hydrogens is 568 g/mol. The number of rotatable bonds is 9. The van der Waals surface area contributed by atoms with Gasteiger partial charge in [0.1, 0.15) is 0 Å². The first-order valence-electron chi connectivity index (χ1n) is 14.6. The van der Waals surface area contributed by atoms with Crippen LogP contribution in [0, 0.1) is 13.8 Å². The van der Waals surface area contributed by atoms with Crippen LogP contribution in [0.25, 0.3) is 11.4 Å². The number of esters is 1. The van der Waals surface area contributed by atoms with Crippen molar-refractivity contribution in [2.24, 2.45) is 0 Å². The van der Waals surface area contributed by atoms with Gasteiger partial charge in [0, 0.05) is 17.3 Å². The van der Waals surface area contributed by atoms with E-state index in [-0.39, 0.29) is 16.9 Å². The Labute approximate surface area is 259 Å². The van der Waals surface area contributed by atoms with Crippen molar-refractivity contribution in [3.05, 3.63) is 164 Å². The van der Waals surface area contributed by atoms with E-state index < -0.39 is 11.9 Å². The lowest BCUT2D eigenvalue weighted by molar-refractivity contribution is 0.0728. The zero-order valence-corrected chi connectivity index (χ0v) is 25.1. The number of aryl methyl sites for hydroxylation is 2. The minimum absolute atomic E-state index is 0.230. The Bertz CT molecular complexity index is 1980. The Balaban J connectivity index is 1.54. The standard InChI is InChI=1S/C36H32N4O5/c1-4-44-30-22-26(20-21-29(30)45-36(43)25-14-8-5-9-15-25)33(31-23(2)37-39(34(31)41)27-16-10-6-11-17-27)32-24(3)38-40(35(32)42)28-18-12-7-13-19-28/h5-22,33,37-38H,4H2,1-3H3. The number of nitrogens with one attached hydrogen (secondary N) is 2. The van der Waals surface area contributed by atoms with Crippen LogP contribution in [0.1, 0.15) is 51.3 Å². The van der Waals surface area contributed by atoms with Gasteiger partial charge in [-0.1, -0.05) is 60.7 Å². The maximum Gasteiger partial charge on any atom is 0.343 e. The second-order valence-electron chi connectivity index (χ2n) is 10.6. The highest BCUT2D eigenvalue weighted by atomic mass is 16.6. The monoisotopic (exact) mass is 600 g/mol. The summed E-state index contributed by atoms with van der Waals surface area (Å²) in [7, 11) is 0. The minimum atomic E-state index is -0.787. The number of ether oxygens (including phenoxy) is 2. The average molecular weight is 601 g/mol. The van der Waals surface area contributed by atoms with E-state index in [0.29, 0.717) is 57.4 Å². The van der Waals surface area contributed by atoms with Crippen LogP contribution in [-0.2, 0) is 0 Å². The van der Waals surface area contributed by atoms with Gasteiger partial charge in [0.05, 0.1) is 34.7 Å². The van der Waals surface area contributed by atoms with E-state index in [1.54, 1.807) is 42.5 Å². The maximum atomic E-state index is 14.2. The fraction of sp³-hybridized carbons (Fsp3) is 0.139. The molecule has 0 aliphatic heterocycles. The molecular formula is C36H32N4O5. The molecule has 9 heteroatoms. The molecule has 6 rings (SSSR count). The smallest absolute Gasteiger partial charge is 0.343 e. The molecule has 0 unspecified atom stereocenters. The number of nitrogens with zero attached hydrogens (tertiary/aromatic N) is 2. The number of hydrogen-bond donors (Lipinski definition) is 2. The van der Waals surface area contributed by atoms with Gasteiger partial charge in [-0.15, -0.1) is 0 Å². The molecule has 0 fully saturated rings. The van der Waals surface area contributed by atoms with Gasteiger partial charge in [-0.25, -0.2) is 14.2 Å². The maximum absolute atomic E-state index is 14.2. The van der Waals surface area contributed by atoms with Crippen LogP contribution in [0.5, 0.6) is 11.5 Å². The SMILES string of the molecule is CCOc1cc(C(c2c(C)[nH]n(-c3ccccc3)c2=O)c2c(C)[nH]n(-c3ccccc3)c2=O)ccc1OC(=O)c1ccccc1. The van der Waals surface area contributed by atoms with Crippen molar-refractivity contribution in [3.63, 3.8) is 0 Å². The first-order chi connectivity index (χ1) is 21.9. The van der Waals surface area contributed by atoms with E-state index >= 15 is 0 Å². The van der Waals surface area contributed by atoms with Gasteiger partial charge in [-0.2, -0.15) is 0 Å². The normalized spacial score (nSPS) is 11.1. The Morgan fingerprint density at radius 1 is 0.689 bits per heavy atom. The predicted molar refractivity (Wildman–Crippen MR) is 172 cm³/mol. The molecule has 9 nitrogen and oxygen atoms in total. The molecule has 226 valence electrons. The van der Waals surface area contributed by atoms with E-state index in [1.165, 1.54) is 9.36 Å². The lowest BCUT2D eigenvalue weighted by Crippen LogP contribution is -2.25. The summed E-state index contributed by atoms with van der Waals surface area (Å²) in [6, 6.07) is 32.4. The quantitative estimate of drug-likeness (QED) is 0.155. The Morgan fingerprint density at radius 2 is 1.18 bits per heavy atom. The summed E-state index contributed by atoms with van der Waals surface area (Å²) in [5.74, 6) is -0.767. The molecule has 0 saturated carbocycles. The van der Waals surface area contributed by atoms with Gasteiger partial charge in [0.15, 0.2) is 11.5 Å². The second kappa shape index (κ2) is 12.4. The highest BCUT2D eigenvalue weighted by Gasteiger charge is 2.32. The van der Waals surface area contributed by atoms with Crippen LogP contribution in [-0.4, -0.2) is 32.1 Å². The van der Waals surface area contributed by atoms with Crippen LogP contribution in [0.15, 0.2) is 119 Å². The van der Waals surface area contributed by atoms with Gasteiger partial charge in [-0.3, -0.25) is 19.8 Å². The molecule has 6 aromatic rings. The summed E-state index contributed by atoms with van der Waals surface area (Å²) in [4.78, 5) is 41.3. The zero-order valence-electron chi connectivity index (χ0n) is 25.1. The number of hydrogen-bond acceptors (Lipinski definition) is 5. The number of benzene rings is 4. The Morgan fingerprint density at radius 3 is 1.67 bits per heavy atom. The fourth-order valence-electron chi connectivity index (χ4n) is 5.58. The van der Waals surface area contributed by atoms with Crippen molar-refractivity contribution < 1.29 is 14.3 Å². The van der Waals surface area contributed by atoms with Crippen molar-refractivity contribution in [1.82, 2.24) is 19.6 Å². The van der Waals surface area contributed by atoms with Crippen LogP contribution in [0.3, 0.4) is 0 Å². The molecule has 2 N–H and O–H groups in total. The van der Waals surface area contributed by atoms with Crippen molar-refractivity contribution in [3.8, 4) is 22.9 Å². The summed E-state index contributed by atoms with van der Waals surface area (Å²) in [6.45, 7) is 5.77. The van der Waals surface area contributed by atoms with Crippen molar-refractivity contribution >= 4 is 5.97 Å². The van der Waals surface area contributed by atoms with Gasteiger partial charge in [0.2, 0.25) is 0 Å². The average Bonchev–Trinajstić information content (AvgIpc) is 3.53. The lowest BCUT2D eigenvalue weighted by atomic mass is 9.85. The summed E-state index contributed by atoms with van der Waals surface area (Å²) < 4.78 is 14.6. The topological polar surface area (TPSA) is 111 Å². The third-order valence-corrected chi connectivity index (χ3v) is 7.65. The number of carbonyl (C=O) groups excluding carboxylic acids is 1. The Hall–Kier alpha value is -5.83. The number of H-pyrrole nitrogens is 2. The summed E-state index contributed by atoms with van der Waals surface area (Å²) >= 11 is 0. The van der Waals surface area contributed by atoms with Crippen LogP contribution in [0.4, 0.5) is 0 Å². The highest BCUT2D eigenvalue weighted by Crippen LogP contribution is 2.38. The summed E-state index contributed by atoms with van der Waals surface area (Å²) in [5.41, 5.74) is 3.83. The molecule has 0 spiro atoms. The van der Waals surface area contributed by atoms with Crippen LogP contribution in [0.2, 0.25) is 0 Å². The number of aromatic amines is 2. The fourth-order valence-corrected chi connectivity index (χ4v) is 5.58. The molecule has 0 atom stereocenters. The van der Waals surface area contributed by atoms with Gasteiger partial charge < -0.3 is 9.47 Å². The molecule has 0 saturated heterocycles. The zero-order chi connectivity index (χ0) is 31.5. The molecule has 2 aromatic heterocycles. The molecule has 4 aromatic carbocycles. The van der Waals surface area contributed by atoms with Gasteiger partial charge in [-0.05, 0) is 74.9 Å². The van der Waals surface area contributed by atoms with Crippen molar-refractivity contribution in [2.45, 2.75) is 26.7 Å². The predicted octanol–water partition coefficient (Wildman–Crippen LogP) is 6.06. The molecule has 0 amide bonds. The molecule has 0 radical (unpaired) electrons. The first-order valence-corrected chi connectivity index (χ1v) is 14.6. The Kier molecular flexibility index (Phi) is 8.07. The first kappa shape index (κ1) is 29.3. The summed E-state index contributed by atoms with van der Waals surface area (Å²) in [6.07, 6.45) is 0. The minimum Gasteiger partial charge on any atom is -0.490 e. The van der Waals surface area contributed by atoms with E-state index in [0.717, 1.165) is 0 Å². The lowest BCUT2D eigenvalue weighted by Gasteiger charge is -2.18. The number of aromatic nitrogens is 4. The third kappa shape index (κ3) is 5.63. The van der Waals surface area contributed by atoms with E-state index in [4.69, 9.17) is 9.47 Å². The molecule has 45 heavy (non-hydrogen) atoms. The van der Waals surface area contributed by atoms with E-state index in [9.17, 15) is 14.4 Å². The van der Waals surface area contributed by atoms with Gasteiger partial charge in [0.25, 0.3) is 11.1 Å². The van der Waals surface area contributed by atoms with Crippen LogP contribution < -0.4 is 20.6 Å². The van der Waals surface area contributed by atoms with Crippen molar-refractivity contribution in [2.75, 3.05) is 6.61 Å². The van der Waals surface area contributed by atoms with Crippen LogP contribution >= 0.6 is 0 Å². The summed E-state index contributed by atoms with van der Waals surface area (Å²) in [5, 5.41) is 6.41. The largest absolute Gasteiger partial charge is 0.490 e. The molecule has 2 heterocycles. The second-order valence-corrected chi connectivity index (χ2v) is 10.6. The number of para-hydroxylation sites is 2. The molecule has 0 aliphatic rings. The van der Waals surface area contributed by atoms with Crippen molar-refractivity contribution in [1.29, 1.82) is 0 Å². The third-order valence-electron chi connectivity index (χ3n) is 7.65. The van der Waals surface area contributed by atoms with Gasteiger partial charge >= 0.3 is 5.97 Å². The molecule has 0 bridgehead atoms. The van der Waals surface area contributed by atoms with E-state index in [1.807, 2.05) is 87.5 Å². The molecule has 0 aliphatic carbocycles.